The molecule has 0 aromatic carbocycles. The molecule has 0 fully saturated rings. The summed E-state index contributed by atoms with van der Waals surface area (Å²) in [5, 5.41) is 0. The van der Waals surface area contributed by atoms with Crippen molar-refractivity contribution in [2.75, 3.05) is 6.54 Å². The Labute approximate surface area is 96.9 Å². The zero-order chi connectivity index (χ0) is 12.2. The number of hydrogen-bond donors (Lipinski definition) is 0. The van der Waals surface area contributed by atoms with Gasteiger partial charge in [-0.3, -0.25) is 0 Å². The van der Waals surface area contributed by atoms with Gasteiger partial charge >= 0.3 is 0 Å². The predicted molar refractivity (Wildman–Crippen MR) is 62.8 cm³/mol. The normalized spacial score (nSPS) is 11.7. The number of rotatable bonds is 9. The van der Waals surface area contributed by atoms with E-state index in [1.165, 1.54) is 6.08 Å². The third-order valence-electron chi connectivity index (χ3n) is 2.90. The van der Waals surface area contributed by atoms with Crippen molar-refractivity contribution in [3.8, 4) is 0 Å². The standard InChI is InChI=1S/C12H20N2O2/c1-3-11(4-2)12(14-10-16)7-5-6-8-13-9-15/h11-12H,3-8H2,1-2H3. The molecular weight excluding hydrogens is 204 g/mol. The summed E-state index contributed by atoms with van der Waals surface area (Å²) >= 11 is 0. The molecule has 1 atom stereocenters. The number of aliphatic imine (C=N–C) groups is 2. The van der Waals surface area contributed by atoms with Gasteiger partial charge in [-0.25, -0.2) is 19.6 Å². The number of carbonyl (C=O) groups excluding carboxylic acids is 2. The first-order chi connectivity index (χ1) is 7.79. The topological polar surface area (TPSA) is 58.9 Å². The van der Waals surface area contributed by atoms with Gasteiger partial charge in [0.05, 0.1) is 12.6 Å². The van der Waals surface area contributed by atoms with Gasteiger partial charge in [0.25, 0.3) is 0 Å². The van der Waals surface area contributed by atoms with Crippen LogP contribution in [0, 0.1) is 5.92 Å². The summed E-state index contributed by atoms with van der Waals surface area (Å²) in [7, 11) is 0. The molecule has 0 saturated heterocycles. The number of isocyanates is 2. The van der Waals surface area contributed by atoms with Crippen molar-refractivity contribution in [2.24, 2.45) is 15.9 Å². The summed E-state index contributed by atoms with van der Waals surface area (Å²) in [6, 6.07) is 0.0766. The Kier molecular flexibility index (Phi) is 9.49. The lowest BCUT2D eigenvalue weighted by molar-refractivity contribution is 0.369. The van der Waals surface area contributed by atoms with Crippen molar-refractivity contribution < 1.29 is 9.59 Å². The number of nitrogens with zero attached hydrogens (tertiary/aromatic N) is 2. The molecular formula is C12H20N2O2. The molecule has 4 heteroatoms. The molecule has 0 aliphatic carbocycles. The van der Waals surface area contributed by atoms with Gasteiger partial charge in [-0.1, -0.05) is 26.7 Å². The zero-order valence-corrected chi connectivity index (χ0v) is 10.1. The molecule has 0 aliphatic heterocycles. The Hall–Kier alpha value is -1.24. The second-order valence-corrected chi connectivity index (χ2v) is 3.83. The van der Waals surface area contributed by atoms with E-state index in [9.17, 15) is 9.59 Å². The molecule has 0 N–H and O–H groups in total. The van der Waals surface area contributed by atoms with E-state index in [1.54, 1.807) is 6.08 Å². The van der Waals surface area contributed by atoms with Crippen molar-refractivity contribution in [2.45, 2.75) is 52.0 Å². The Morgan fingerprint density at radius 2 is 1.75 bits per heavy atom. The van der Waals surface area contributed by atoms with Crippen LogP contribution in [0.1, 0.15) is 46.0 Å². The first-order valence-corrected chi connectivity index (χ1v) is 5.90. The third kappa shape index (κ3) is 6.28. The minimum absolute atomic E-state index is 0.0766. The minimum Gasteiger partial charge on any atom is -0.211 e. The first kappa shape index (κ1) is 14.8. The highest BCUT2D eigenvalue weighted by molar-refractivity contribution is 5.33. The summed E-state index contributed by atoms with van der Waals surface area (Å²) in [5.74, 6) is 0.455. The second-order valence-electron chi connectivity index (χ2n) is 3.83. The van der Waals surface area contributed by atoms with Crippen LogP contribution in [-0.4, -0.2) is 24.7 Å². The van der Waals surface area contributed by atoms with E-state index in [4.69, 9.17) is 0 Å². The molecule has 0 bridgehead atoms. The van der Waals surface area contributed by atoms with Crippen molar-refractivity contribution in [3.05, 3.63) is 0 Å². The van der Waals surface area contributed by atoms with Crippen LogP contribution < -0.4 is 0 Å². The smallest absolute Gasteiger partial charge is 0.211 e. The molecule has 0 radical (unpaired) electrons. The Morgan fingerprint density at radius 1 is 1.06 bits per heavy atom. The molecule has 16 heavy (non-hydrogen) atoms. The molecule has 0 heterocycles. The van der Waals surface area contributed by atoms with Crippen LogP contribution in [0.4, 0.5) is 0 Å². The van der Waals surface area contributed by atoms with Crippen LogP contribution in [0.25, 0.3) is 0 Å². The highest BCUT2D eigenvalue weighted by Crippen LogP contribution is 2.20. The maximum absolute atomic E-state index is 10.3. The maximum Gasteiger partial charge on any atom is 0.235 e. The molecule has 1 unspecified atom stereocenters. The van der Waals surface area contributed by atoms with E-state index < -0.39 is 0 Å². The van der Waals surface area contributed by atoms with Crippen LogP contribution in [-0.2, 0) is 9.59 Å². The van der Waals surface area contributed by atoms with Crippen LogP contribution in [0.3, 0.4) is 0 Å². The van der Waals surface area contributed by atoms with Gasteiger partial charge in [-0.05, 0) is 25.2 Å². The largest absolute Gasteiger partial charge is 0.235 e. The lowest BCUT2D eigenvalue weighted by Crippen LogP contribution is -2.17. The molecule has 4 nitrogen and oxygen atoms in total. The monoisotopic (exact) mass is 224 g/mol. The number of hydrogen-bond acceptors (Lipinski definition) is 4. The second kappa shape index (κ2) is 10.3. The van der Waals surface area contributed by atoms with Gasteiger partial charge in [0.2, 0.25) is 12.2 Å². The predicted octanol–water partition coefficient (Wildman–Crippen LogP) is 2.63. The fourth-order valence-electron chi connectivity index (χ4n) is 1.90. The quantitative estimate of drug-likeness (QED) is 0.343. The van der Waals surface area contributed by atoms with E-state index in [1.807, 2.05) is 0 Å². The average molecular weight is 224 g/mol. The van der Waals surface area contributed by atoms with E-state index in [0.29, 0.717) is 12.5 Å². The first-order valence-electron chi connectivity index (χ1n) is 5.90. The summed E-state index contributed by atoms with van der Waals surface area (Å²) in [4.78, 5) is 27.5. The van der Waals surface area contributed by atoms with E-state index >= 15 is 0 Å². The Balaban J connectivity index is 4.02. The van der Waals surface area contributed by atoms with E-state index in [2.05, 4.69) is 23.8 Å². The lowest BCUT2D eigenvalue weighted by atomic mass is 9.91. The van der Waals surface area contributed by atoms with Gasteiger partial charge in [0.15, 0.2) is 0 Å². The molecule has 90 valence electrons. The summed E-state index contributed by atoms with van der Waals surface area (Å²) in [5.41, 5.74) is 0. The Bertz CT molecular complexity index is 262. The van der Waals surface area contributed by atoms with Crippen LogP contribution in [0.5, 0.6) is 0 Å². The highest BCUT2D eigenvalue weighted by atomic mass is 16.1. The average Bonchev–Trinajstić information content (AvgIpc) is 2.30. The van der Waals surface area contributed by atoms with Crippen molar-refractivity contribution in [1.29, 1.82) is 0 Å². The molecule has 0 saturated carbocycles. The Morgan fingerprint density at radius 3 is 2.25 bits per heavy atom. The highest BCUT2D eigenvalue weighted by Gasteiger charge is 2.16. The van der Waals surface area contributed by atoms with Gasteiger partial charge < -0.3 is 0 Å². The maximum atomic E-state index is 10.3. The van der Waals surface area contributed by atoms with E-state index in [-0.39, 0.29) is 6.04 Å². The van der Waals surface area contributed by atoms with Gasteiger partial charge in [0.1, 0.15) is 0 Å². The minimum atomic E-state index is 0.0766. The summed E-state index contributed by atoms with van der Waals surface area (Å²) in [6.07, 6.45) is 7.87. The van der Waals surface area contributed by atoms with Crippen molar-refractivity contribution in [3.63, 3.8) is 0 Å². The van der Waals surface area contributed by atoms with Crippen LogP contribution in [0.15, 0.2) is 9.98 Å². The zero-order valence-electron chi connectivity index (χ0n) is 10.1. The third-order valence-corrected chi connectivity index (χ3v) is 2.90. The fourth-order valence-corrected chi connectivity index (χ4v) is 1.90. The van der Waals surface area contributed by atoms with Gasteiger partial charge in [-0.15, -0.1) is 0 Å². The van der Waals surface area contributed by atoms with Crippen molar-refractivity contribution >= 4 is 12.2 Å². The molecule has 0 aliphatic rings. The summed E-state index contributed by atoms with van der Waals surface area (Å²) in [6.45, 7) is 4.74. The molecule has 0 spiro atoms. The molecule has 0 amide bonds. The SMILES string of the molecule is CCC(CC)C(CCCCN=C=O)N=C=O. The lowest BCUT2D eigenvalue weighted by Gasteiger charge is -2.19. The van der Waals surface area contributed by atoms with E-state index in [0.717, 1.165) is 32.1 Å². The van der Waals surface area contributed by atoms with Crippen LogP contribution >= 0.6 is 0 Å². The fraction of sp³-hybridized carbons (Fsp3) is 0.833. The van der Waals surface area contributed by atoms with Crippen molar-refractivity contribution in [1.82, 2.24) is 0 Å². The number of unbranched alkanes of at least 4 members (excludes halogenated alkanes) is 1. The molecule has 0 rings (SSSR count). The van der Waals surface area contributed by atoms with Gasteiger partial charge in [0, 0.05) is 0 Å². The molecule has 0 aromatic rings. The van der Waals surface area contributed by atoms with Crippen LogP contribution in [0.2, 0.25) is 0 Å². The summed E-state index contributed by atoms with van der Waals surface area (Å²) < 4.78 is 0. The van der Waals surface area contributed by atoms with Gasteiger partial charge in [-0.2, -0.15) is 0 Å². The molecule has 0 aromatic heterocycles.